The van der Waals surface area contributed by atoms with Crippen LogP contribution in [-0.4, -0.2) is 29.7 Å². The number of fused-ring (bicyclic) bond motifs is 1. The number of nitrogens with one attached hydrogen (secondary N) is 1. The van der Waals surface area contributed by atoms with E-state index < -0.39 is 0 Å². The minimum Gasteiger partial charge on any atom is -0.330 e. The van der Waals surface area contributed by atoms with Crippen molar-refractivity contribution in [2.24, 2.45) is 5.73 Å². The first kappa shape index (κ1) is 12.9. The zero-order valence-electron chi connectivity index (χ0n) is 11.5. The maximum atomic E-state index is 11.7. The summed E-state index contributed by atoms with van der Waals surface area (Å²) in [5.74, 6) is 0.176. The Hall–Kier alpha value is -2.14. The molecule has 0 fully saturated rings. The molecule has 104 valence electrons. The Morgan fingerprint density at radius 3 is 3.00 bits per heavy atom. The first-order valence-corrected chi connectivity index (χ1v) is 6.83. The second kappa shape index (κ2) is 5.09. The third-order valence-corrected chi connectivity index (χ3v) is 3.76. The first-order chi connectivity index (χ1) is 9.69. The Bertz CT molecular complexity index is 647. The Balaban J connectivity index is 1.93. The molecule has 0 radical (unpaired) electrons. The molecule has 1 aromatic carbocycles. The van der Waals surface area contributed by atoms with Gasteiger partial charge in [0.2, 0.25) is 5.91 Å². The molecule has 3 N–H and O–H groups in total. The Kier molecular flexibility index (Phi) is 3.28. The van der Waals surface area contributed by atoms with Gasteiger partial charge in [0.1, 0.15) is 0 Å². The number of carbonyl (C=O) groups is 1. The number of H-pyrrole nitrogens is 1. The number of aromatic nitrogens is 2. The number of hydrogen-bond donors (Lipinski definition) is 2. The van der Waals surface area contributed by atoms with Crippen LogP contribution in [0.4, 0.5) is 5.69 Å². The zero-order valence-corrected chi connectivity index (χ0v) is 11.5. The van der Waals surface area contributed by atoms with Crippen molar-refractivity contribution in [2.45, 2.75) is 19.3 Å². The number of benzene rings is 1. The van der Waals surface area contributed by atoms with Crippen LogP contribution in [-0.2, 0) is 17.6 Å². The van der Waals surface area contributed by atoms with E-state index in [9.17, 15) is 4.79 Å². The molecule has 1 amide bonds. The minimum absolute atomic E-state index is 0.176. The highest BCUT2D eigenvalue weighted by molar-refractivity contribution is 5.96. The summed E-state index contributed by atoms with van der Waals surface area (Å²) in [6.07, 6.45) is 2.17. The van der Waals surface area contributed by atoms with Gasteiger partial charge in [-0.05, 0) is 36.7 Å². The van der Waals surface area contributed by atoms with Crippen molar-refractivity contribution >= 4 is 11.6 Å². The molecule has 0 atom stereocenters. The number of nitrogens with two attached hydrogens (primary N) is 1. The van der Waals surface area contributed by atoms with E-state index in [1.807, 2.05) is 25.2 Å². The largest absolute Gasteiger partial charge is 0.330 e. The standard InChI is InChI=1S/C15H18N4O/c1-19-14-4-2-10(8-11(14)3-5-15(19)20)13-9-12(6-7-16)17-18-13/h2,4,8-9H,3,5-7,16H2,1H3,(H,17,18). The molecule has 0 unspecified atom stereocenters. The molecule has 0 bridgehead atoms. The van der Waals surface area contributed by atoms with E-state index in [0.717, 1.165) is 35.5 Å². The molecule has 5 heteroatoms. The van der Waals surface area contributed by atoms with Gasteiger partial charge in [0.15, 0.2) is 0 Å². The van der Waals surface area contributed by atoms with Crippen LogP contribution in [0.15, 0.2) is 24.3 Å². The van der Waals surface area contributed by atoms with Gasteiger partial charge < -0.3 is 10.6 Å². The van der Waals surface area contributed by atoms with E-state index in [0.29, 0.717) is 13.0 Å². The van der Waals surface area contributed by atoms with Gasteiger partial charge in [-0.1, -0.05) is 6.07 Å². The van der Waals surface area contributed by atoms with Gasteiger partial charge in [-0.15, -0.1) is 0 Å². The first-order valence-electron chi connectivity index (χ1n) is 6.83. The number of anilines is 1. The number of carbonyl (C=O) groups excluding carboxylic acids is 1. The lowest BCUT2D eigenvalue weighted by atomic mass is 9.98. The lowest BCUT2D eigenvalue weighted by Gasteiger charge is -2.25. The van der Waals surface area contributed by atoms with Crippen LogP contribution in [0.3, 0.4) is 0 Å². The summed E-state index contributed by atoms with van der Waals surface area (Å²) in [6, 6.07) is 8.17. The third kappa shape index (κ3) is 2.20. The third-order valence-electron chi connectivity index (χ3n) is 3.76. The molecule has 0 saturated carbocycles. The Morgan fingerprint density at radius 2 is 2.20 bits per heavy atom. The van der Waals surface area contributed by atoms with Gasteiger partial charge in [-0.3, -0.25) is 9.89 Å². The van der Waals surface area contributed by atoms with Crippen LogP contribution in [0.5, 0.6) is 0 Å². The summed E-state index contributed by atoms with van der Waals surface area (Å²) < 4.78 is 0. The van der Waals surface area contributed by atoms with Crippen molar-refractivity contribution in [1.29, 1.82) is 0 Å². The summed E-state index contributed by atoms with van der Waals surface area (Å²) in [4.78, 5) is 13.4. The average molecular weight is 270 g/mol. The molecular weight excluding hydrogens is 252 g/mol. The molecule has 5 nitrogen and oxygen atoms in total. The van der Waals surface area contributed by atoms with Crippen LogP contribution < -0.4 is 10.6 Å². The molecular formula is C15H18N4O. The number of rotatable bonds is 3. The highest BCUT2D eigenvalue weighted by Gasteiger charge is 2.21. The van der Waals surface area contributed by atoms with Gasteiger partial charge in [0.25, 0.3) is 0 Å². The topological polar surface area (TPSA) is 75.0 Å². The van der Waals surface area contributed by atoms with Gasteiger partial charge in [0, 0.05) is 36.8 Å². The molecule has 3 rings (SSSR count). The molecule has 1 aliphatic rings. The minimum atomic E-state index is 0.176. The van der Waals surface area contributed by atoms with Crippen LogP contribution in [0.1, 0.15) is 17.7 Å². The fourth-order valence-corrected chi connectivity index (χ4v) is 2.61. The molecule has 2 aromatic rings. The lowest BCUT2D eigenvalue weighted by molar-refractivity contribution is -0.118. The predicted molar refractivity (Wildman–Crippen MR) is 78.5 cm³/mol. The normalized spacial score (nSPS) is 14.5. The van der Waals surface area contributed by atoms with E-state index in [1.54, 1.807) is 4.90 Å². The number of hydrogen-bond acceptors (Lipinski definition) is 3. The van der Waals surface area contributed by atoms with Crippen LogP contribution in [0.2, 0.25) is 0 Å². The number of nitrogens with zero attached hydrogens (tertiary/aromatic N) is 2. The van der Waals surface area contributed by atoms with E-state index in [1.165, 1.54) is 5.56 Å². The Labute approximate surface area is 117 Å². The summed E-state index contributed by atoms with van der Waals surface area (Å²) in [7, 11) is 1.83. The molecule has 0 saturated heterocycles. The van der Waals surface area contributed by atoms with Crippen molar-refractivity contribution in [3.63, 3.8) is 0 Å². The van der Waals surface area contributed by atoms with Crippen LogP contribution >= 0.6 is 0 Å². The van der Waals surface area contributed by atoms with Gasteiger partial charge in [-0.25, -0.2) is 0 Å². The highest BCUT2D eigenvalue weighted by Crippen LogP contribution is 2.30. The van der Waals surface area contributed by atoms with Crippen molar-refractivity contribution in [1.82, 2.24) is 10.2 Å². The molecule has 1 aliphatic heterocycles. The summed E-state index contributed by atoms with van der Waals surface area (Å²) >= 11 is 0. The Morgan fingerprint density at radius 1 is 1.35 bits per heavy atom. The molecule has 20 heavy (non-hydrogen) atoms. The molecule has 1 aromatic heterocycles. The van der Waals surface area contributed by atoms with E-state index in [-0.39, 0.29) is 5.91 Å². The maximum Gasteiger partial charge on any atom is 0.227 e. The highest BCUT2D eigenvalue weighted by atomic mass is 16.2. The van der Waals surface area contributed by atoms with Crippen molar-refractivity contribution in [3.8, 4) is 11.3 Å². The summed E-state index contributed by atoms with van der Waals surface area (Å²) in [6.45, 7) is 0.610. The quantitative estimate of drug-likeness (QED) is 0.887. The molecule has 0 spiro atoms. The van der Waals surface area contributed by atoms with E-state index in [4.69, 9.17) is 5.73 Å². The SMILES string of the molecule is CN1C(=O)CCc2cc(-c3cc(CCN)[nH]n3)ccc21. The van der Waals surface area contributed by atoms with Gasteiger partial charge >= 0.3 is 0 Å². The molecule has 0 aliphatic carbocycles. The lowest BCUT2D eigenvalue weighted by Crippen LogP contribution is -2.30. The maximum absolute atomic E-state index is 11.7. The second-order valence-corrected chi connectivity index (χ2v) is 5.11. The second-order valence-electron chi connectivity index (χ2n) is 5.11. The number of amides is 1. The van der Waals surface area contributed by atoms with Crippen LogP contribution in [0.25, 0.3) is 11.3 Å². The predicted octanol–water partition coefficient (Wildman–Crippen LogP) is 1.49. The van der Waals surface area contributed by atoms with Crippen molar-refractivity contribution < 1.29 is 4.79 Å². The van der Waals surface area contributed by atoms with E-state index >= 15 is 0 Å². The average Bonchev–Trinajstić information content (AvgIpc) is 2.92. The van der Waals surface area contributed by atoms with Crippen molar-refractivity contribution in [3.05, 3.63) is 35.5 Å². The zero-order chi connectivity index (χ0) is 14.1. The van der Waals surface area contributed by atoms with E-state index in [2.05, 4.69) is 16.3 Å². The molecule has 2 heterocycles. The fourth-order valence-electron chi connectivity index (χ4n) is 2.61. The monoisotopic (exact) mass is 270 g/mol. The summed E-state index contributed by atoms with van der Waals surface area (Å²) in [5, 5.41) is 7.33. The van der Waals surface area contributed by atoms with Crippen molar-refractivity contribution in [2.75, 3.05) is 18.5 Å². The van der Waals surface area contributed by atoms with Gasteiger partial charge in [-0.2, -0.15) is 5.10 Å². The summed E-state index contributed by atoms with van der Waals surface area (Å²) in [5.41, 5.74) is 10.8. The smallest absolute Gasteiger partial charge is 0.227 e. The number of aromatic amines is 1. The van der Waals surface area contributed by atoms with Gasteiger partial charge in [0.05, 0.1) is 5.69 Å². The van der Waals surface area contributed by atoms with Crippen LogP contribution in [0, 0.1) is 0 Å². The number of aryl methyl sites for hydroxylation is 1. The fraction of sp³-hybridized carbons (Fsp3) is 0.333.